The van der Waals surface area contributed by atoms with Gasteiger partial charge in [-0.15, -0.1) is 11.3 Å². The van der Waals surface area contributed by atoms with Crippen molar-refractivity contribution in [1.29, 1.82) is 0 Å². The molecule has 2 heterocycles. The van der Waals surface area contributed by atoms with E-state index in [9.17, 15) is 23.6 Å². The summed E-state index contributed by atoms with van der Waals surface area (Å²) in [4.78, 5) is 50.1. The summed E-state index contributed by atoms with van der Waals surface area (Å²) in [5.74, 6) is -2.91. The molecule has 1 saturated heterocycles. The minimum atomic E-state index is -1.25. The number of carbonyl (C=O) groups excluding carboxylic acids is 4. The van der Waals surface area contributed by atoms with Gasteiger partial charge in [0.25, 0.3) is 0 Å². The Balaban J connectivity index is 0.00000353. The van der Waals surface area contributed by atoms with E-state index in [0.717, 1.165) is 26.4 Å². The highest BCUT2D eigenvalue weighted by Gasteiger charge is 2.52. The summed E-state index contributed by atoms with van der Waals surface area (Å²) < 4.78 is 41.6. The molecule has 45 heavy (non-hydrogen) atoms. The van der Waals surface area contributed by atoms with E-state index in [-0.39, 0.29) is 39.4 Å². The number of hydrogen-bond acceptors (Lipinski definition) is 10. The van der Waals surface area contributed by atoms with Crippen LogP contribution in [0, 0.1) is 12.7 Å². The highest BCUT2D eigenvalue weighted by Crippen LogP contribution is 2.39. The summed E-state index contributed by atoms with van der Waals surface area (Å²) in [6.07, 6.45) is -5.06. The fourth-order valence-corrected chi connectivity index (χ4v) is 6.02. The van der Waals surface area contributed by atoms with Gasteiger partial charge in [0, 0.05) is 43.9 Å². The van der Waals surface area contributed by atoms with Crippen molar-refractivity contribution in [2.45, 2.75) is 71.6 Å². The summed E-state index contributed by atoms with van der Waals surface area (Å²) in [6, 6.07) is 16.0. The first-order valence-corrected chi connectivity index (χ1v) is 14.5. The molecular formula is C32H37FO9S3. The van der Waals surface area contributed by atoms with E-state index in [4.69, 9.17) is 23.7 Å². The van der Waals surface area contributed by atoms with Crippen LogP contribution in [0.5, 0.6) is 0 Å². The molecule has 3 aromatic rings. The fraction of sp³-hybridized carbons (Fsp3) is 0.375. The number of halogens is 1. The third kappa shape index (κ3) is 10.1. The molecule has 1 fully saturated rings. The zero-order valence-corrected chi connectivity index (χ0v) is 28.3. The molecule has 0 bridgehead atoms. The van der Waals surface area contributed by atoms with Gasteiger partial charge in [-0.1, -0.05) is 30.3 Å². The van der Waals surface area contributed by atoms with E-state index in [0.29, 0.717) is 12.0 Å². The van der Waals surface area contributed by atoms with Gasteiger partial charge in [0.1, 0.15) is 24.6 Å². The number of aryl methyl sites for hydroxylation is 1. The quantitative estimate of drug-likeness (QED) is 0.214. The molecule has 0 aliphatic carbocycles. The van der Waals surface area contributed by atoms with Crippen molar-refractivity contribution in [2.24, 2.45) is 0 Å². The summed E-state index contributed by atoms with van der Waals surface area (Å²) >= 11 is 1.59. The summed E-state index contributed by atoms with van der Waals surface area (Å²) in [5.41, 5.74) is 3.51. The molecule has 13 heteroatoms. The Morgan fingerprint density at radius 1 is 0.778 bits per heavy atom. The highest BCUT2D eigenvalue weighted by molar-refractivity contribution is 7.59. The molecule has 0 radical (unpaired) electrons. The third-order valence-electron chi connectivity index (χ3n) is 6.85. The molecule has 244 valence electrons. The van der Waals surface area contributed by atoms with Crippen LogP contribution in [-0.4, -0.2) is 54.9 Å². The Labute approximate surface area is 279 Å². The monoisotopic (exact) mass is 680 g/mol. The molecule has 0 N–H and O–H groups in total. The van der Waals surface area contributed by atoms with E-state index < -0.39 is 54.4 Å². The minimum Gasteiger partial charge on any atom is -0.463 e. The molecule has 0 saturated carbocycles. The van der Waals surface area contributed by atoms with Crippen LogP contribution in [0.3, 0.4) is 0 Å². The molecule has 0 spiro atoms. The zero-order chi connectivity index (χ0) is 31.3. The lowest BCUT2D eigenvalue weighted by Gasteiger charge is -2.44. The van der Waals surface area contributed by atoms with Gasteiger partial charge in [-0.2, -0.15) is 27.0 Å². The van der Waals surface area contributed by atoms with Crippen LogP contribution in [0.25, 0.3) is 10.4 Å². The van der Waals surface area contributed by atoms with Crippen molar-refractivity contribution in [3.63, 3.8) is 0 Å². The van der Waals surface area contributed by atoms with Crippen molar-refractivity contribution in [3.8, 4) is 10.4 Å². The second-order valence-electron chi connectivity index (χ2n) is 10.3. The van der Waals surface area contributed by atoms with Gasteiger partial charge in [-0.25, -0.2) is 4.39 Å². The van der Waals surface area contributed by atoms with Crippen molar-refractivity contribution in [2.75, 3.05) is 6.61 Å². The molecule has 0 amide bonds. The summed E-state index contributed by atoms with van der Waals surface area (Å²) in [7, 11) is 0. The molecule has 4 rings (SSSR count). The summed E-state index contributed by atoms with van der Waals surface area (Å²) in [5, 5.41) is 0. The topological polar surface area (TPSA) is 114 Å². The SMILES string of the molecule is CC(=O)OC[C@H]1O[C@@H](c2ccc(C)c(Cc3ccc(-c4ccc(F)cc4)s3)c2)[C@H](OC(C)=O)[C@@H](OC(C)=O)[C@@H]1OC(C)=O.S.S. The smallest absolute Gasteiger partial charge is 0.303 e. The minimum absolute atomic E-state index is 0. The zero-order valence-electron chi connectivity index (χ0n) is 25.5. The van der Waals surface area contributed by atoms with Crippen LogP contribution in [0.1, 0.15) is 55.4 Å². The van der Waals surface area contributed by atoms with Gasteiger partial charge in [-0.3, -0.25) is 19.2 Å². The number of ether oxygens (including phenoxy) is 5. The van der Waals surface area contributed by atoms with Gasteiger partial charge in [0.15, 0.2) is 18.3 Å². The normalized spacial score (nSPS) is 20.5. The lowest BCUT2D eigenvalue weighted by atomic mass is 9.88. The van der Waals surface area contributed by atoms with Gasteiger partial charge < -0.3 is 23.7 Å². The molecule has 5 atom stereocenters. The number of esters is 4. The van der Waals surface area contributed by atoms with E-state index in [2.05, 4.69) is 0 Å². The van der Waals surface area contributed by atoms with Crippen LogP contribution < -0.4 is 0 Å². The van der Waals surface area contributed by atoms with Gasteiger partial charge in [0.2, 0.25) is 0 Å². The second-order valence-corrected chi connectivity index (χ2v) is 11.4. The first kappa shape index (κ1) is 37.8. The van der Waals surface area contributed by atoms with Crippen LogP contribution >= 0.6 is 38.3 Å². The Hall–Kier alpha value is -3.39. The van der Waals surface area contributed by atoms with Crippen molar-refractivity contribution in [3.05, 3.63) is 82.0 Å². The maximum Gasteiger partial charge on any atom is 0.303 e. The molecule has 1 aliphatic rings. The number of thiophene rings is 1. The summed E-state index contributed by atoms with van der Waals surface area (Å²) in [6.45, 7) is 6.48. The van der Waals surface area contributed by atoms with Crippen molar-refractivity contribution < 1.29 is 47.3 Å². The molecule has 2 aromatic carbocycles. The average Bonchev–Trinajstić information content (AvgIpc) is 3.39. The van der Waals surface area contributed by atoms with Crippen molar-refractivity contribution >= 4 is 62.2 Å². The Bertz CT molecular complexity index is 1490. The molecular weight excluding hydrogens is 644 g/mol. The van der Waals surface area contributed by atoms with Gasteiger partial charge in [-0.05, 0) is 53.4 Å². The van der Waals surface area contributed by atoms with E-state index in [1.54, 1.807) is 23.5 Å². The van der Waals surface area contributed by atoms with E-state index in [1.807, 2.05) is 37.3 Å². The fourth-order valence-electron chi connectivity index (χ4n) is 4.99. The lowest BCUT2D eigenvalue weighted by Crippen LogP contribution is -2.59. The largest absolute Gasteiger partial charge is 0.463 e. The molecule has 9 nitrogen and oxygen atoms in total. The van der Waals surface area contributed by atoms with Crippen LogP contribution in [0.2, 0.25) is 0 Å². The Morgan fingerprint density at radius 3 is 1.98 bits per heavy atom. The van der Waals surface area contributed by atoms with Gasteiger partial charge in [0.05, 0.1) is 0 Å². The predicted octanol–water partition coefficient (Wildman–Crippen LogP) is 5.48. The Kier molecular flexibility index (Phi) is 14.1. The molecule has 1 aromatic heterocycles. The van der Waals surface area contributed by atoms with E-state index >= 15 is 0 Å². The number of rotatable bonds is 9. The molecule has 0 unspecified atom stereocenters. The van der Waals surface area contributed by atoms with E-state index in [1.165, 1.54) is 39.8 Å². The first-order chi connectivity index (χ1) is 20.4. The van der Waals surface area contributed by atoms with Crippen molar-refractivity contribution in [1.82, 2.24) is 0 Å². The highest BCUT2D eigenvalue weighted by atomic mass is 32.1. The maximum absolute atomic E-state index is 13.4. The maximum atomic E-state index is 13.4. The second kappa shape index (κ2) is 16.8. The number of carbonyl (C=O) groups is 4. The lowest BCUT2D eigenvalue weighted by molar-refractivity contribution is -0.254. The average molecular weight is 681 g/mol. The standard InChI is InChI=1S/C32H33FO9S.2H2S/c1-17-6-7-23(14-24(17)15-26-12-13-28(43-26)22-8-10-25(33)11-9-22)29-31(40-20(4)36)32(41-21(5)37)30(39-19(3)35)27(42-29)16-38-18(2)34;;/h6-14,27,29-32H,15-16H2,1-5H3;2*1H2/t27-,29+,30-,31+,32+;;/m1../s1. The number of benzene rings is 2. The molecule has 1 aliphatic heterocycles. The van der Waals surface area contributed by atoms with Crippen LogP contribution in [0.4, 0.5) is 4.39 Å². The Morgan fingerprint density at radius 2 is 1.38 bits per heavy atom. The van der Waals surface area contributed by atoms with Gasteiger partial charge >= 0.3 is 23.9 Å². The number of hydrogen-bond donors (Lipinski definition) is 0. The third-order valence-corrected chi connectivity index (χ3v) is 7.98. The van der Waals surface area contributed by atoms with Crippen LogP contribution in [-0.2, 0) is 49.3 Å². The predicted molar refractivity (Wildman–Crippen MR) is 175 cm³/mol. The van der Waals surface area contributed by atoms with Crippen LogP contribution in [0.15, 0.2) is 54.6 Å². The first-order valence-electron chi connectivity index (χ1n) is 13.7.